The number of halogens is 3. The molecule has 2 rings (SSSR count). The number of hydrogen-bond acceptors (Lipinski definition) is 1. The zero-order valence-corrected chi connectivity index (χ0v) is 14.7. The molecule has 0 N–H and O–H groups in total. The second-order valence-corrected chi connectivity index (χ2v) is 5.54. The molecule has 4 heteroatoms. The molecule has 0 aromatic heterocycles. The van der Waals surface area contributed by atoms with E-state index in [1.165, 1.54) is 36.1 Å². The van der Waals surface area contributed by atoms with E-state index >= 15 is 0 Å². The van der Waals surface area contributed by atoms with Gasteiger partial charge >= 0.3 is 0 Å². The second kappa shape index (κ2) is 12.0. The molecule has 0 atom stereocenters. The molecule has 0 unspecified atom stereocenters. The summed E-state index contributed by atoms with van der Waals surface area (Å²) in [5, 5.41) is 0.918. The van der Waals surface area contributed by atoms with Crippen LogP contribution in [0.1, 0.15) is 44.1 Å². The average Bonchev–Trinajstić information content (AvgIpc) is 2.83. The van der Waals surface area contributed by atoms with Crippen molar-refractivity contribution in [1.82, 2.24) is 0 Å². The average molecular weight is 342 g/mol. The third-order valence-corrected chi connectivity index (χ3v) is 4.22. The van der Waals surface area contributed by atoms with Crippen LogP contribution in [-0.4, -0.2) is 6.26 Å². The summed E-state index contributed by atoms with van der Waals surface area (Å²) in [5.74, 6) is 0.767. The molecule has 1 aliphatic carbocycles. The van der Waals surface area contributed by atoms with Crippen molar-refractivity contribution in [2.24, 2.45) is 0 Å². The minimum atomic E-state index is 0. The van der Waals surface area contributed by atoms with Crippen molar-refractivity contribution in [3.8, 4) is 0 Å². The number of benzene rings is 1. The van der Waals surface area contributed by atoms with Gasteiger partial charge in [-0.25, -0.2) is 0 Å². The van der Waals surface area contributed by atoms with Crippen LogP contribution in [0, 0.1) is 0 Å². The van der Waals surface area contributed by atoms with E-state index in [0.29, 0.717) is 0 Å². The fourth-order valence-corrected chi connectivity index (χ4v) is 3.07. The van der Waals surface area contributed by atoms with Crippen molar-refractivity contribution in [1.29, 1.82) is 0 Å². The molecular weight excluding hydrogens is 319 g/mol. The standard InChI is InChI=1S/C12H15ClS.C3H6.2ClH/c1-14-12-7-6-10(8-11(12)13)9-4-2-3-5-9;1-3-2;;/h6-9H,2-5H2,1H3;3H,1H2,2H3;2*1H. The SMILES string of the molecule is C=CC.CSc1ccc(C2CCCC2)cc1Cl.Cl.Cl. The Hall–Kier alpha value is 0.180. The minimum absolute atomic E-state index is 0. The first kappa shape index (κ1) is 21.5. The number of thioether (sulfide) groups is 1. The molecule has 110 valence electrons. The van der Waals surface area contributed by atoms with Gasteiger partial charge in [-0.1, -0.05) is 36.6 Å². The predicted molar refractivity (Wildman–Crippen MR) is 94.8 cm³/mol. The first-order chi connectivity index (χ1) is 8.22. The molecule has 0 nitrogen and oxygen atoms in total. The number of allylic oxidation sites excluding steroid dienone is 1. The van der Waals surface area contributed by atoms with Crippen LogP contribution in [0.15, 0.2) is 35.7 Å². The fourth-order valence-electron chi connectivity index (χ4n) is 2.20. The van der Waals surface area contributed by atoms with E-state index in [4.69, 9.17) is 11.6 Å². The normalized spacial score (nSPS) is 13.6. The summed E-state index contributed by atoms with van der Waals surface area (Å²) in [7, 11) is 0. The van der Waals surface area contributed by atoms with Crippen LogP contribution in [0.25, 0.3) is 0 Å². The van der Waals surface area contributed by atoms with Gasteiger partial charge in [0.1, 0.15) is 0 Å². The topological polar surface area (TPSA) is 0 Å². The van der Waals surface area contributed by atoms with E-state index in [0.717, 1.165) is 10.9 Å². The van der Waals surface area contributed by atoms with E-state index in [2.05, 4.69) is 31.0 Å². The Labute approximate surface area is 139 Å². The summed E-state index contributed by atoms with van der Waals surface area (Å²) >= 11 is 7.90. The highest BCUT2D eigenvalue weighted by Gasteiger charge is 2.17. The van der Waals surface area contributed by atoms with Crippen LogP contribution in [0.5, 0.6) is 0 Å². The Bertz CT molecular complexity index is 360. The molecule has 0 heterocycles. The van der Waals surface area contributed by atoms with Crippen LogP contribution in [-0.2, 0) is 0 Å². The van der Waals surface area contributed by atoms with Gasteiger partial charge in [-0.3, -0.25) is 0 Å². The molecule has 0 aliphatic heterocycles. The van der Waals surface area contributed by atoms with Crippen LogP contribution in [0.4, 0.5) is 0 Å². The highest BCUT2D eigenvalue weighted by atomic mass is 35.5. The lowest BCUT2D eigenvalue weighted by molar-refractivity contribution is 0.722. The quantitative estimate of drug-likeness (QED) is 0.423. The lowest BCUT2D eigenvalue weighted by Crippen LogP contribution is -1.91. The van der Waals surface area contributed by atoms with Gasteiger partial charge in [-0.05, 0) is 49.6 Å². The minimum Gasteiger partial charge on any atom is -0.147 e. The summed E-state index contributed by atoms with van der Waals surface area (Å²) in [4.78, 5) is 1.19. The maximum Gasteiger partial charge on any atom is 0.0544 e. The molecule has 0 spiro atoms. The summed E-state index contributed by atoms with van der Waals surface area (Å²) < 4.78 is 0. The summed E-state index contributed by atoms with van der Waals surface area (Å²) in [6.07, 6.45) is 9.26. The molecule has 0 amide bonds. The lowest BCUT2D eigenvalue weighted by Gasteiger charge is -2.11. The summed E-state index contributed by atoms with van der Waals surface area (Å²) in [5.41, 5.74) is 1.44. The van der Waals surface area contributed by atoms with Gasteiger partial charge in [0.15, 0.2) is 0 Å². The van der Waals surface area contributed by atoms with E-state index < -0.39 is 0 Å². The first-order valence-corrected chi connectivity index (χ1v) is 7.73. The van der Waals surface area contributed by atoms with Gasteiger partial charge in [-0.2, -0.15) is 0 Å². The molecule has 1 fully saturated rings. The summed E-state index contributed by atoms with van der Waals surface area (Å²) in [6.45, 7) is 5.25. The van der Waals surface area contributed by atoms with Crippen molar-refractivity contribution in [3.05, 3.63) is 41.4 Å². The summed E-state index contributed by atoms with van der Waals surface area (Å²) in [6, 6.07) is 6.55. The fraction of sp³-hybridized carbons (Fsp3) is 0.467. The van der Waals surface area contributed by atoms with Crippen molar-refractivity contribution in [2.45, 2.75) is 43.4 Å². The number of rotatable bonds is 2. The molecule has 1 aromatic rings. The van der Waals surface area contributed by atoms with Gasteiger partial charge in [0.05, 0.1) is 5.02 Å². The van der Waals surface area contributed by atoms with Gasteiger partial charge in [0.2, 0.25) is 0 Å². The van der Waals surface area contributed by atoms with E-state index in [9.17, 15) is 0 Å². The maximum absolute atomic E-state index is 6.19. The molecule has 19 heavy (non-hydrogen) atoms. The zero-order chi connectivity index (χ0) is 12.7. The Kier molecular flexibility index (Phi) is 13.5. The predicted octanol–water partition coefficient (Wildman–Crippen LogP) is 6.76. The monoisotopic (exact) mass is 340 g/mol. The third-order valence-electron chi connectivity index (χ3n) is 3.00. The van der Waals surface area contributed by atoms with E-state index in [1.807, 2.05) is 6.92 Å². The van der Waals surface area contributed by atoms with Crippen LogP contribution < -0.4 is 0 Å². The van der Waals surface area contributed by atoms with Crippen LogP contribution >= 0.6 is 48.2 Å². The molecule has 0 bridgehead atoms. The van der Waals surface area contributed by atoms with Crippen molar-refractivity contribution in [3.63, 3.8) is 0 Å². The van der Waals surface area contributed by atoms with Gasteiger partial charge in [-0.15, -0.1) is 43.2 Å². The van der Waals surface area contributed by atoms with Gasteiger partial charge in [0, 0.05) is 4.90 Å². The smallest absolute Gasteiger partial charge is 0.0544 e. The third kappa shape index (κ3) is 6.94. The molecule has 0 radical (unpaired) electrons. The van der Waals surface area contributed by atoms with Gasteiger partial charge in [0.25, 0.3) is 0 Å². The van der Waals surface area contributed by atoms with Crippen LogP contribution in [0.2, 0.25) is 5.02 Å². The highest BCUT2D eigenvalue weighted by molar-refractivity contribution is 7.98. The Morgan fingerprint density at radius 2 is 1.79 bits per heavy atom. The Morgan fingerprint density at radius 1 is 1.26 bits per heavy atom. The molecule has 1 aromatic carbocycles. The van der Waals surface area contributed by atoms with E-state index in [-0.39, 0.29) is 24.8 Å². The number of hydrogen-bond donors (Lipinski definition) is 0. The van der Waals surface area contributed by atoms with Crippen molar-refractivity contribution < 1.29 is 0 Å². The first-order valence-electron chi connectivity index (χ1n) is 6.13. The van der Waals surface area contributed by atoms with Crippen molar-refractivity contribution in [2.75, 3.05) is 6.26 Å². The Morgan fingerprint density at radius 3 is 2.21 bits per heavy atom. The highest BCUT2D eigenvalue weighted by Crippen LogP contribution is 2.36. The Balaban J connectivity index is 0. The van der Waals surface area contributed by atoms with Crippen molar-refractivity contribution >= 4 is 48.2 Å². The van der Waals surface area contributed by atoms with Gasteiger partial charge < -0.3 is 0 Å². The van der Waals surface area contributed by atoms with Crippen LogP contribution in [0.3, 0.4) is 0 Å². The molecule has 1 aliphatic rings. The largest absolute Gasteiger partial charge is 0.147 e. The molecule has 1 saturated carbocycles. The second-order valence-electron chi connectivity index (χ2n) is 4.28. The lowest BCUT2D eigenvalue weighted by atomic mass is 9.98. The maximum atomic E-state index is 6.19. The molecule has 0 saturated heterocycles. The molecular formula is C15H23Cl3S. The van der Waals surface area contributed by atoms with E-state index in [1.54, 1.807) is 17.8 Å². The zero-order valence-electron chi connectivity index (χ0n) is 11.5.